The first kappa shape index (κ1) is 23.3. The van der Waals surface area contributed by atoms with Crippen molar-refractivity contribution in [1.29, 1.82) is 0 Å². The maximum Gasteiger partial charge on any atom is 0.255 e. The molecule has 2 atom stereocenters. The Hall–Kier alpha value is -4.11. The number of carbonyl (C=O) groups excluding carboxylic acids is 1. The van der Waals surface area contributed by atoms with Gasteiger partial charge in [-0.15, -0.1) is 0 Å². The van der Waals surface area contributed by atoms with Crippen LogP contribution in [-0.4, -0.2) is 21.4 Å². The van der Waals surface area contributed by atoms with Gasteiger partial charge in [0.15, 0.2) is 0 Å². The van der Waals surface area contributed by atoms with Gasteiger partial charge < -0.3 is 9.47 Å². The van der Waals surface area contributed by atoms with Gasteiger partial charge in [-0.05, 0) is 55.5 Å². The van der Waals surface area contributed by atoms with E-state index in [1.165, 1.54) is 38.9 Å². The number of hydrogen-bond donors (Lipinski definition) is 0. The third kappa shape index (κ3) is 3.95. The summed E-state index contributed by atoms with van der Waals surface area (Å²) in [4.78, 5) is 16.1. The molecule has 1 aromatic heterocycles. The van der Waals surface area contributed by atoms with Crippen LogP contribution in [0.25, 0.3) is 22.2 Å². The molecule has 5 aromatic rings. The van der Waals surface area contributed by atoms with Gasteiger partial charge in [-0.1, -0.05) is 96.6 Å². The van der Waals surface area contributed by atoms with Crippen molar-refractivity contribution in [3.05, 3.63) is 131 Å². The van der Waals surface area contributed by atoms with Gasteiger partial charge >= 0.3 is 0 Å². The lowest BCUT2D eigenvalue weighted by Crippen LogP contribution is -2.37. The van der Waals surface area contributed by atoms with Gasteiger partial charge in [0.1, 0.15) is 0 Å². The summed E-state index contributed by atoms with van der Waals surface area (Å²) in [5, 5.41) is 1.20. The van der Waals surface area contributed by atoms with Crippen LogP contribution in [0.1, 0.15) is 52.0 Å². The standard InChI is InChI=1S/C34H32N2O/c1-23-17-21-26(22-18-23)32-31(29-15-9-10-16-30(29)35(32)3)33-27-13-7-8-14-28(27)34(37)36(33)24(2)19-20-25-11-5-4-6-12-25/h4-18,21-22,24,33H,19-20H2,1-3H3. The SMILES string of the molecule is Cc1ccc(-c2c(C3c4ccccc4C(=O)N3C(C)CCc3ccccc3)c3ccccc3n2C)cc1. The molecule has 1 aliphatic heterocycles. The van der Waals surface area contributed by atoms with E-state index in [0.717, 1.165) is 24.0 Å². The first-order valence-corrected chi connectivity index (χ1v) is 13.1. The molecule has 0 radical (unpaired) electrons. The predicted molar refractivity (Wildman–Crippen MR) is 152 cm³/mol. The first-order chi connectivity index (χ1) is 18.0. The predicted octanol–water partition coefficient (Wildman–Crippen LogP) is 7.72. The van der Waals surface area contributed by atoms with E-state index in [9.17, 15) is 4.79 Å². The van der Waals surface area contributed by atoms with Crippen LogP contribution in [0.2, 0.25) is 0 Å². The summed E-state index contributed by atoms with van der Waals surface area (Å²) in [6.07, 6.45) is 1.85. The average Bonchev–Trinajstić information content (AvgIpc) is 3.39. The average molecular weight is 485 g/mol. The normalized spacial score (nSPS) is 15.8. The van der Waals surface area contributed by atoms with Gasteiger partial charge in [0.05, 0.1) is 11.7 Å². The number of carbonyl (C=O) groups is 1. The molecule has 0 aliphatic carbocycles. The zero-order valence-corrected chi connectivity index (χ0v) is 21.7. The van der Waals surface area contributed by atoms with Gasteiger partial charge in [-0.25, -0.2) is 0 Å². The number of aryl methyl sites for hydroxylation is 3. The topological polar surface area (TPSA) is 25.2 Å². The van der Waals surface area contributed by atoms with Crippen LogP contribution < -0.4 is 0 Å². The highest BCUT2D eigenvalue weighted by atomic mass is 16.2. The number of rotatable bonds is 6. The number of benzene rings is 4. The van der Waals surface area contributed by atoms with E-state index in [1.807, 2.05) is 12.1 Å². The second-order valence-corrected chi connectivity index (χ2v) is 10.3. The summed E-state index contributed by atoms with van der Waals surface area (Å²) < 4.78 is 2.30. The summed E-state index contributed by atoms with van der Waals surface area (Å²) in [7, 11) is 2.15. The van der Waals surface area contributed by atoms with Gasteiger partial charge in [0.25, 0.3) is 5.91 Å². The monoisotopic (exact) mass is 484 g/mol. The molecule has 0 fully saturated rings. The summed E-state index contributed by atoms with van der Waals surface area (Å²) in [5.41, 5.74) is 9.21. The van der Waals surface area contributed by atoms with Crippen molar-refractivity contribution in [2.45, 2.75) is 38.8 Å². The van der Waals surface area contributed by atoms with Crippen molar-refractivity contribution < 1.29 is 4.79 Å². The molecule has 2 heterocycles. The van der Waals surface area contributed by atoms with E-state index in [2.05, 4.69) is 121 Å². The molecule has 37 heavy (non-hydrogen) atoms. The van der Waals surface area contributed by atoms with Crippen LogP contribution in [0.5, 0.6) is 0 Å². The van der Waals surface area contributed by atoms with Gasteiger partial charge in [-0.3, -0.25) is 4.79 Å². The van der Waals surface area contributed by atoms with Crippen molar-refractivity contribution in [3.8, 4) is 11.3 Å². The van der Waals surface area contributed by atoms with Crippen LogP contribution in [0.3, 0.4) is 0 Å². The summed E-state index contributed by atoms with van der Waals surface area (Å²) in [5.74, 6) is 0.129. The van der Waals surface area contributed by atoms with E-state index in [-0.39, 0.29) is 18.0 Å². The van der Waals surface area contributed by atoms with Crippen LogP contribution >= 0.6 is 0 Å². The van der Waals surface area contributed by atoms with Crippen LogP contribution in [0, 0.1) is 6.92 Å². The van der Waals surface area contributed by atoms with Crippen LogP contribution in [0.15, 0.2) is 103 Å². The van der Waals surface area contributed by atoms with E-state index < -0.39 is 0 Å². The molecule has 3 nitrogen and oxygen atoms in total. The maximum absolute atomic E-state index is 14.0. The van der Waals surface area contributed by atoms with Gasteiger partial charge in [-0.2, -0.15) is 0 Å². The highest BCUT2D eigenvalue weighted by Crippen LogP contribution is 2.47. The molecule has 0 saturated heterocycles. The van der Waals surface area contributed by atoms with E-state index in [1.54, 1.807) is 0 Å². The van der Waals surface area contributed by atoms with Crippen molar-refractivity contribution in [2.75, 3.05) is 0 Å². The third-order valence-corrected chi connectivity index (χ3v) is 7.91. The van der Waals surface area contributed by atoms with E-state index >= 15 is 0 Å². The molecule has 184 valence electrons. The second kappa shape index (κ2) is 9.40. The second-order valence-electron chi connectivity index (χ2n) is 10.3. The van der Waals surface area contributed by atoms with Gasteiger partial charge in [0.2, 0.25) is 0 Å². The van der Waals surface area contributed by atoms with Crippen molar-refractivity contribution in [1.82, 2.24) is 9.47 Å². The minimum atomic E-state index is -0.142. The molecule has 2 unspecified atom stereocenters. The molecule has 0 spiro atoms. The zero-order valence-electron chi connectivity index (χ0n) is 21.7. The highest BCUT2D eigenvalue weighted by molar-refractivity contribution is 6.02. The van der Waals surface area contributed by atoms with Crippen molar-refractivity contribution >= 4 is 16.8 Å². The number of fused-ring (bicyclic) bond motifs is 2. The smallest absolute Gasteiger partial charge is 0.255 e. The maximum atomic E-state index is 14.0. The third-order valence-electron chi connectivity index (χ3n) is 7.91. The number of amides is 1. The molecule has 1 aliphatic rings. The molecular formula is C34H32N2O. The minimum absolute atomic E-state index is 0.0787. The fourth-order valence-corrected chi connectivity index (χ4v) is 6.00. The molecule has 0 N–H and O–H groups in total. The number of nitrogens with zero attached hydrogens (tertiary/aromatic N) is 2. The van der Waals surface area contributed by atoms with E-state index in [0.29, 0.717) is 0 Å². The summed E-state index contributed by atoms with van der Waals surface area (Å²) in [6.45, 7) is 4.32. The van der Waals surface area contributed by atoms with Crippen molar-refractivity contribution in [2.24, 2.45) is 7.05 Å². The fourth-order valence-electron chi connectivity index (χ4n) is 6.00. The zero-order chi connectivity index (χ0) is 25.5. The minimum Gasteiger partial charge on any atom is -0.343 e. The summed E-state index contributed by atoms with van der Waals surface area (Å²) >= 11 is 0. The highest BCUT2D eigenvalue weighted by Gasteiger charge is 2.42. The van der Waals surface area contributed by atoms with Gasteiger partial charge in [0, 0.05) is 35.1 Å². The molecule has 4 aromatic carbocycles. The Morgan fingerprint density at radius 3 is 2.27 bits per heavy atom. The fraction of sp³-hybridized carbons (Fsp3) is 0.206. The Morgan fingerprint density at radius 1 is 0.811 bits per heavy atom. The Bertz CT molecular complexity index is 1580. The Balaban J connectivity index is 1.53. The number of para-hydroxylation sites is 1. The lowest BCUT2D eigenvalue weighted by molar-refractivity contribution is 0.0670. The van der Waals surface area contributed by atoms with Crippen molar-refractivity contribution in [3.63, 3.8) is 0 Å². The lowest BCUT2D eigenvalue weighted by Gasteiger charge is -2.32. The first-order valence-electron chi connectivity index (χ1n) is 13.1. The Morgan fingerprint density at radius 2 is 1.49 bits per heavy atom. The Kier molecular flexibility index (Phi) is 5.92. The van der Waals surface area contributed by atoms with Crippen LogP contribution in [0.4, 0.5) is 0 Å². The van der Waals surface area contributed by atoms with Crippen LogP contribution in [-0.2, 0) is 13.5 Å². The largest absolute Gasteiger partial charge is 0.343 e. The molecular weight excluding hydrogens is 452 g/mol. The molecule has 0 saturated carbocycles. The molecule has 1 amide bonds. The lowest BCUT2D eigenvalue weighted by atomic mass is 9.92. The molecule has 3 heteroatoms. The molecule has 0 bridgehead atoms. The number of aromatic nitrogens is 1. The summed E-state index contributed by atoms with van der Waals surface area (Å²) in [6, 6.07) is 36.0. The van der Waals surface area contributed by atoms with E-state index in [4.69, 9.17) is 0 Å². The Labute approximate surface area is 219 Å². The quantitative estimate of drug-likeness (QED) is 0.242. The number of hydrogen-bond acceptors (Lipinski definition) is 1. The molecule has 6 rings (SSSR count).